The second-order valence-electron chi connectivity index (χ2n) is 4.28. The van der Waals surface area contributed by atoms with E-state index in [1.807, 2.05) is 34.9 Å². The van der Waals surface area contributed by atoms with E-state index in [0.717, 1.165) is 24.4 Å². The topological polar surface area (TPSA) is 30.7 Å². The van der Waals surface area contributed by atoms with E-state index in [1.165, 1.54) is 0 Å². The van der Waals surface area contributed by atoms with Crippen LogP contribution in [0.5, 0.6) is 0 Å². The van der Waals surface area contributed by atoms with Gasteiger partial charge in [-0.05, 0) is 17.5 Å². The van der Waals surface area contributed by atoms with Crippen LogP contribution in [0, 0.1) is 5.92 Å². The van der Waals surface area contributed by atoms with Crippen LogP contribution in [0.2, 0.25) is 5.28 Å². The standard InChI is InChI=1S/C13H16ClN3/c1-3-10(2)9-17-12(15-16-13(17)14)11-7-5-4-6-8-11/h4-8,10H,3,9H2,1-2H3. The fourth-order valence-corrected chi connectivity index (χ4v) is 1.87. The van der Waals surface area contributed by atoms with Crippen LogP contribution < -0.4 is 0 Å². The molecule has 0 radical (unpaired) electrons. The summed E-state index contributed by atoms with van der Waals surface area (Å²) in [6.45, 7) is 5.22. The number of rotatable bonds is 4. The summed E-state index contributed by atoms with van der Waals surface area (Å²) >= 11 is 6.09. The third-order valence-electron chi connectivity index (χ3n) is 2.93. The molecule has 0 aliphatic carbocycles. The Balaban J connectivity index is 2.36. The molecule has 0 aliphatic heterocycles. The summed E-state index contributed by atoms with van der Waals surface area (Å²) in [5.74, 6) is 1.40. The van der Waals surface area contributed by atoms with Crippen molar-refractivity contribution < 1.29 is 0 Å². The van der Waals surface area contributed by atoms with Crippen LogP contribution >= 0.6 is 11.6 Å². The van der Waals surface area contributed by atoms with Gasteiger partial charge in [-0.2, -0.15) is 0 Å². The zero-order valence-corrected chi connectivity index (χ0v) is 10.9. The van der Waals surface area contributed by atoms with E-state index in [1.54, 1.807) is 0 Å². The van der Waals surface area contributed by atoms with Crippen molar-refractivity contribution in [3.8, 4) is 11.4 Å². The molecule has 1 aromatic carbocycles. The number of hydrogen-bond acceptors (Lipinski definition) is 2. The zero-order valence-electron chi connectivity index (χ0n) is 10.1. The fourth-order valence-electron chi connectivity index (χ4n) is 1.69. The Bertz CT molecular complexity index is 479. The largest absolute Gasteiger partial charge is 0.298 e. The smallest absolute Gasteiger partial charge is 0.225 e. The van der Waals surface area contributed by atoms with Gasteiger partial charge in [-0.3, -0.25) is 4.57 Å². The van der Waals surface area contributed by atoms with Crippen LogP contribution in [0.3, 0.4) is 0 Å². The van der Waals surface area contributed by atoms with Gasteiger partial charge in [0.1, 0.15) is 0 Å². The molecule has 0 saturated heterocycles. The van der Waals surface area contributed by atoms with Gasteiger partial charge in [-0.15, -0.1) is 10.2 Å². The van der Waals surface area contributed by atoms with E-state index < -0.39 is 0 Å². The minimum absolute atomic E-state index is 0.462. The number of benzene rings is 1. The predicted octanol–water partition coefficient (Wildman–Crippen LogP) is 3.64. The van der Waals surface area contributed by atoms with Gasteiger partial charge in [0.2, 0.25) is 5.28 Å². The van der Waals surface area contributed by atoms with Crippen molar-refractivity contribution >= 4 is 11.6 Å². The molecular weight excluding hydrogens is 234 g/mol. The average Bonchev–Trinajstić information content (AvgIpc) is 2.72. The summed E-state index contributed by atoms with van der Waals surface area (Å²) in [7, 11) is 0. The lowest BCUT2D eigenvalue weighted by molar-refractivity contribution is 0.471. The first-order valence-corrected chi connectivity index (χ1v) is 6.24. The Kier molecular flexibility index (Phi) is 3.79. The molecule has 0 spiro atoms. The highest BCUT2D eigenvalue weighted by Gasteiger charge is 2.13. The summed E-state index contributed by atoms with van der Waals surface area (Å²) in [5.41, 5.74) is 1.05. The maximum absolute atomic E-state index is 6.09. The van der Waals surface area contributed by atoms with Crippen LogP contribution in [0.4, 0.5) is 0 Å². The lowest BCUT2D eigenvalue weighted by Gasteiger charge is -2.12. The molecule has 0 N–H and O–H groups in total. The summed E-state index contributed by atoms with van der Waals surface area (Å²) in [5, 5.41) is 8.58. The van der Waals surface area contributed by atoms with Gasteiger partial charge in [0, 0.05) is 12.1 Å². The average molecular weight is 250 g/mol. The molecule has 1 unspecified atom stereocenters. The molecule has 1 atom stereocenters. The number of aromatic nitrogens is 3. The molecule has 90 valence electrons. The van der Waals surface area contributed by atoms with Gasteiger partial charge in [-0.1, -0.05) is 50.6 Å². The number of hydrogen-bond donors (Lipinski definition) is 0. The summed E-state index contributed by atoms with van der Waals surface area (Å²) < 4.78 is 1.98. The third-order valence-corrected chi connectivity index (χ3v) is 3.21. The summed E-state index contributed by atoms with van der Waals surface area (Å²) in [4.78, 5) is 0. The third kappa shape index (κ3) is 2.67. The Morgan fingerprint density at radius 2 is 1.94 bits per heavy atom. The highest BCUT2D eigenvalue weighted by Crippen LogP contribution is 2.22. The van der Waals surface area contributed by atoms with Crippen LogP contribution in [0.15, 0.2) is 30.3 Å². The van der Waals surface area contributed by atoms with Crippen molar-refractivity contribution in [2.75, 3.05) is 0 Å². The van der Waals surface area contributed by atoms with Crippen molar-refractivity contribution in [1.29, 1.82) is 0 Å². The van der Waals surface area contributed by atoms with Crippen molar-refractivity contribution in [1.82, 2.24) is 14.8 Å². The first kappa shape index (κ1) is 12.1. The van der Waals surface area contributed by atoms with Gasteiger partial charge < -0.3 is 0 Å². The molecule has 2 aromatic rings. The Hall–Kier alpha value is -1.35. The molecular formula is C13H16ClN3. The maximum Gasteiger partial charge on any atom is 0.225 e. The van der Waals surface area contributed by atoms with E-state index in [2.05, 4.69) is 24.0 Å². The summed E-state index contributed by atoms with van der Waals surface area (Å²) in [6, 6.07) is 10.0. The lowest BCUT2D eigenvalue weighted by Crippen LogP contribution is -2.08. The van der Waals surface area contributed by atoms with E-state index >= 15 is 0 Å². The second-order valence-corrected chi connectivity index (χ2v) is 4.62. The maximum atomic E-state index is 6.09. The van der Waals surface area contributed by atoms with E-state index in [-0.39, 0.29) is 0 Å². The predicted molar refractivity (Wildman–Crippen MR) is 69.9 cm³/mol. The molecule has 1 aromatic heterocycles. The van der Waals surface area contributed by atoms with Gasteiger partial charge in [0.25, 0.3) is 0 Å². The highest BCUT2D eigenvalue weighted by molar-refractivity contribution is 6.28. The van der Waals surface area contributed by atoms with Crippen LogP contribution in [-0.4, -0.2) is 14.8 Å². The van der Waals surface area contributed by atoms with E-state index in [9.17, 15) is 0 Å². The molecule has 0 aliphatic rings. The molecule has 1 heterocycles. The van der Waals surface area contributed by atoms with Crippen molar-refractivity contribution in [2.24, 2.45) is 5.92 Å². The number of halogens is 1. The summed E-state index contributed by atoms with van der Waals surface area (Å²) in [6.07, 6.45) is 1.11. The first-order valence-electron chi connectivity index (χ1n) is 5.86. The fraction of sp³-hybridized carbons (Fsp3) is 0.385. The van der Waals surface area contributed by atoms with E-state index in [4.69, 9.17) is 11.6 Å². The van der Waals surface area contributed by atoms with Gasteiger partial charge in [-0.25, -0.2) is 0 Å². The SMILES string of the molecule is CCC(C)Cn1c(Cl)nnc1-c1ccccc1. The van der Waals surface area contributed by atoms with Crippen molar-refractivity contribution in [2.45, 2.75) is 26.8 Å². The van der Waals surface area contributed by atoms with Gasteiger partial charge in [0.15, 0.2) is 5.82 Å². The van der Waals surface area contributed by atoms with Crippen LogP contribution in [-0.2, 0) is 6.54 Å². The minimum Gasteiger partial charge on any atom is -0.298 e. The van der Waals surface area contributed by atoms with Gasteiger partial charge >= 0.3 is 0 Å². The Morgan fingerprint density at radius 3 is 2.59 bits per heavy atom. The van der Waals surface area contributed by atoms with Crippen LogP contribution in [0.25, 0.3) is 11.4 Å². The molecule has 0 fully saturated rings. The highest BCUT2D eigenvalue weighted by atomic mass is 35.5. The normalized spacial score (nSPS) is 12.6. The monoisotopic (exact) mass is 249 g/mol. The molecule has 17 heavy (non-hydrogen) atoms. The molecule has 0 bridgehead atoms. The zero-order chi connectivity index (χ0) is 12.3. The minimum atomic E-state index is 0.462. The quantitative estimate of drug-likeness (QED) is 0.828. The molecule has 4 heteroatoms. The lowest BCUT2D eigenvalue weighted by atomic mass is 10.1. The molecule has 0 saturated carbocycles. The Morgan fingerprint density at radius 1 is 1.24 bits per heavy atom. The molecule has 3 nitrogen and oxygen atoms in total. The molecule has 2 rings (SSSR count). The van der Waals surface area contributed by atoms with Gasteiger partial charge in [0.05, 0.1) is 0 Å². The van der Waals surface area contributed by atoms with E-state index in [0.29, 0.717) is 11.2 Å². The first-order chi connectivity index (χ1) is 8.22. The second kappa shape index (κ2) is 5.32. The van der Waals surface area contributed by atoms with Crippen molar-refractivity contribution in [3.05, 3.63) is 35.6 Å². The number of nitrogens with zero attached hydrogens (tertiary/aromatic N) is 3. The molecule has 0 amide bonds. The Labute approximate surface area is 106 Å². The van der Waals surface area contributed by atoms with Crippen molar-refractivity contribution in [3.63, 3.8) is 0 Å². The van der Waals surface area contributed by atoms with Crippen LogP contribution in [0.1, 0.15) is 20.3 Å².